The van der Waals surface area contributed by atoms with Crippen LogP contribution in [0.25, 0.3) is 11.3 Å². The van der Waals surface area contributed by atoms with Gasteiger partial charge in [0.1, 0.15) is 11.6 Å². The molecule has 5 heteroatoms. The minimum atomic E-state index is -0.434. The lowest BCUT2D eigenvalue weighted by atomic mass is 10.1. The van der Waals surface area contributed by atoms with Crippen molar-refractivity contribution in [3.05, 3.63) is 87.2 Å². The highest BCUT2D eigenvalue weighted by molar-refractivity contribution is 6.31. The van der Waals surface area contributed by atoms with E-state index in [1.165, 1.54) is 22.8 Å². The van der Waals surface area contributed by atoms with Crippen LogP contribution in [0.4, 0.5) is 4.39 Å². The summed E-state index contributed by atoms with van der Waals surface area (Å²) in [6.07, 6.45) is 0. The molecule has 0 radical (unpaired) electrons. The van der Waals surface area contributed by atoms with Gasteiger partial charge in [0, 0.05) is 22.2 Å². The number of hydrogen-bond acceptors (Lipinski definition) is 2. The van der Waals surface area contributed by atoms with Crippen molar-refractivity contribution in [2.24, 2.45) is 0 Å². The first kappa shape index (κ1) is 15.4. The minimum absolute atomic E-state index is 0.0538. The van der Waals surface area contributed by atoms with Gasteiger partial charge in [0.25, 0.3) is 5.56 Å². The topological polar surface area (TPSA) is 34.9 Å². The zero-order valence-corrected chi connectivity index (χ0v) is 13.2. The van der Waals surface area contributed by atoms with Gasteiger partial charge in [-0.2, -0.15) is 0 Å². The van der Waals surface area contributed by atoms with Crippen LogP contribution in [0, 0.1) is 12.7 Å². The fourth-order valence-corrected chi connectivity index (χ4v) is 2.63. The molecule has 3 aromatic rings. The Morgan fingerprint density at radius 1 is 1.13 bits per heavy atom. The highest BCUT2D eigenvalue weighted by Gasteiger charge is 2.12. The Kier molecular flexibility index (Phi) is 4.26. The molecule has 0 aliphatic rings. The van der Waals surface area contributed by atoms with E-state index in [-0.39, 0.29) is 17.7 Å². The Hall–Kier alpha value is -2.46. The lowest BCUT2D eigenvalue weighted by Crippen LogP contribution is -2.24. The van der Waals surface area contributed by atoms with Crippen molar-refractivity contribution in [1.82, 2.24) is 9.55 Å². The third-order valence-electron chi connectivity index (χ3n) is 3.65. The van der Waals surface area contributed by atoms with Crippen LogP contribution in [0.3, 0.4) is 0 Å². The van der Waals surface area contributed by atoms with Crippen LogP contribution in [-0.4, -0.2) is 9.55 Å². The molecule has 3 nitrogen and oxygen atoms in total. The molecule has 3 rings (SSSR count). The third kappa shape index (κ3) is 3.17. The Labute approximate surface area is 138 Å². The number of halogens is 2. The molecule has 2 aromatic carbocycles. The maximum absolute atomic E-state index is 13.9. The molecule has 0 saturated carbocycles. The van der Waals surface area contributed by atoms with Crippen molar-refractivity contribution in [3.63, 3.8) is 0 Å². The maximum Gasteiger partial charge on any atom is 0.254 e. The number of nitrogens with zero attached hydrogens (tertiary/aromatic N) is 2. The van der Waals surface area contributed by atoms with E-state index in [1.54, 1.807) is 13.0 Å². The normalized spacial score (nSPS) is 10.7. The number of aromatic nitrogens is 2. The summed E-state index contributed by atoms with van der Waals surface area (Å²) >= 11 is 6.04. The van der Waals surface area contributed by atoms with Crippen molar-refractivity contribution in [2.75, 3.05) is 0 Å². The maximum atomic E-state index is 13.9. The van der Waals surface area contributed by atoms with E-state index in [2.05, 4.69) is 4.98 Å². The molecule has 0 bridgehead atoms. The average molecular weight is 329 g/mol. The van der Waals surface area contributed by atoms with Crippen LogP contribution in [0.5, 0.6) is 0 Å². The summed E-state index contributed by atoms with van der Waals surface area (Å²) < 4.78 is 15.3. The van der Waals surface area contributed by atoms with Gasteiger partial charge < -0.3 is 0 Å². The van der Waals surface area contributed by atoms with Gasteiger partial charge in [0.05, 0.1) is 12.2 Å². The van der Waals surface area contributed by atoms with Crippen molar-refractivity contribution >= 4 is 11.6 Å². The van der Waals surface area contributed by atoms with E-state index in [0.717, 1.165) is 5.56 Å². The molecule has 0 N–H and O–H groups in total. The molecule has 0 fully saturated rings. The summed E-state index contributed by atoms with van der Waals surface area (Å²) in [4.78, 5) is 16.9. The van der Waals surface area contributed by atoms with Gasteiger partial charge >= 0.3 is 0 Å². The molecule has 0 saturated heterocycles. The SMILES string of the molecule is Cc1nc(-c2ccccc2)cc(=O)n1Cc1c(F)cccc1Cl. The molecule has 23 heavy (non-hydrogen) atoms. The molecule has 0 amide bonds. The Morgan fingerprint density at radius 3 is 2.52 bits per heavy atom. The van der Waals surface area contributed by atoms with Gasteiger partial charge in [-0.3, -0.25) is 9.36 Å². The monoisotopic (exact) mass is 328 g/mol. The lowest BCUT2D eigenvalue weighted by Gasteiger charge is -2.12. The van der Waals surface area contributed by atoms with E-state index in [0.29, 0.717) is 16.5 Å². The molecule has 1 aromatic heterocycles. The summed E-state index contributed by atoms with van der Waals surface area (Å²) in [6.45, 7) is 1.78. The molecular weight excluding hydrogens is 315 g/mol. The number of rotatable bonds is 3. The van der Waals surface area contributed by atoms with Crippen molar-refractivity contribution in [2.45, 2.75) is 13.5 Å². The molecule has 0 unspecified atom stereocenters. The summed E-state index contributed by atoms with van der Waals surface area (Å²) in [5.74, 6) is 0.0756. The zero-order valence-electron chi connectivity index (χ0n) is 12.5. The Balaban J connectivity index is 2.04. The predicted octanol–water partition coefficient (Wildman–Crippen LogP) is 4.06. The molecule has 0 aliphatic heterocycles. The van der Waals surface area contributed by atoms with Crippen molar-refractivity contribution < 1.29 is 4.39 Å². The highest BCUT2D eigenvalue weighted by atomic mass is 35.5. The fourth-order valence-electron chi connectivity index (χ4n) is 2.41. The van der Waals surface area contributed by atoms with Gasteiger partial charge in [-0.05, 0) is 19.1 Å². The molecule has 0 aliphatic carbocycles. The molecule has 116 valence electrons. The molecular formula is C18H14ClFN2O. The van der Waals surface area contributed by atoms with Crippen LogP contribution < -0.4 is 5.56 Å². The van der Waals surface area contributed by atoms with Gasteiger partial charge in [0.2, 0.25) is 0 Å². The molecule has 0 atom stereocenters. The summed E-state index contributed by atoms with van der Waals surface area (Å²) in [5, 5.41) is 0.295. The number of benzene rings is 2. The van der Waals surface area contributed by atoms with Crippen molar-refractivity contribution in [1.29, 1.82) is 0 Å². The van der Waals surface area contributed by atoms with Crippen molar-refractivity contribution in [3.8, 4) is 11.3 Å². The standard InChI is InChI=1S/C18H14ClFN2O/c1-12-21-17(13-6-3-2-4-7-13)10-18(23)22(12)11-14-15(19)8-5-9-16(14)20/h2-10H,11H2,1H3. The third-order valence-corrected chi connectivity index (χ3v) is 4.00. The fraction of sp³-hybridized carbons (Fsp3) is 0.111. The average Bonchev–Trinajstić information content (AvgIpc) is 2.54. The summed E-state index contributed by atoms with van der Waals surface area (Å²) in [6, 6.07) is 15.4. The zero-order chi connectivity index (χ0) is 16.4. The van der Waals surface area contributed by atoms with Crippen LogP contribution in [0.2, 0.25) is 5.02 Å². The Morgan fingerprint density at radius 2 is 1.87 bits per heavy atom. The molecule has 0 spiro atoms. The largest absolute Gasteiger partial charge is 0.292 e. The van der Waals surface area contributed by atoms with Gasteiger partial charge in [0.15, 0.2) is 0 Å². The predicted molar refractivity (Wildman–Crippen MR) is 89.2 cm³/mol. The summed E-state index contributed by atoms with van der Waals surface area (Å²) in [7, 11) is 0. The van der Waals surface area contributed by atoms with E-state index in [9.17, 15) is 9.18 Å². The molecule has 1 heterocycles. The smallest absolute Gasteiger partial charge is 0.254 e. The Bertz CT molecular complexity index is 886. The quantitative estimate of drug-likeness (QED) is 0.726. The van der Waals surface area contributed by atoms with E-state index in [1.807, 2.05) is 30.3 Å². The highest BCUT2D eigenvalue weighted by Crippen LogP contribution is 2.20. The van der Waals surface area contributed by atoms with E-state index >= 15 is 0 Å². The van der Waals surface area contributed by atoms with Crippen LogP contribution in [-0.2, 0) is 6.54 Å². The minimum Gasteiger partial charge on any atom is -0.292 e. The van der Waals surface area contributed by atoms with Crippen LogP contribution in [0.15, 0.2) is 59.4 Å². The first-order valence-electron chi connectivity index (χ1n) is 7.13. The van der Waals surface area contributed by atoms with Gasteiger partial charge in [-0.25, -0.2) is 9.37 Å². The van der Waals surface area contributed by atoms with Gasteiger partial charge in [-0.1, -0.05) is 48.0 Å². The van der Waals surface area contributed by atoms with Crippen LogP contribution in [0.1, 0.15) is 11.4 Å². The second-order valence-electron chi connectivity index (χ2n) is 5.18. The van der Waals surface area contributed by atoms with Crippen LogP contribution >= 0.6 is 11.6 Å². The van der Waals surface area contributed by atoms with E-state index in [4.69, 9.17) is 11.6 Å². The summed E-state index contributed by atoms with van der Waals surface area (Å²) in [5.41, 5.74) is 1.51. The second-order valence-corrected chi connectivity index (χ2v) is 5.59. The lowest BCUT2D eigenvalue weighted by molar-refractivity contribution is 0.590. The first-order valence-corrected chi connectivity index (χ1v) is 7.51. The van der Waals surface area contributed by atoms with E-state index < -0.39 is 5.82 Å². The number of hydrogen-bond donors (Lipinski definition) is 0. The second kappa shape index (κ2) is 6.34. The van der Waals surface area contributed by atoms with Gasteiger partial charge in [-0.15, -0.1) is 0 Å². The first-order chi connectivity index (χ1) is 11.1. The number of aryl methyl sites for hydroxylation is 1.